The third-order valence-electron chi connectivity index (χ3n) is 4.53. The van der Waals surface area contributed by atoms with E-state index in [4.69, 9.17) is 4.42 Å². The van der Waals surface area contributed by atoms with Crippen molar-refractivity contribution in [2.45, 2.75) is 17.7 Å². The van der Waals surface area contributed by atoms with E-state index < -0.39 is 23.4 Å². The molecule has 0 spiro atoms. The SMILES string of the molecule is C[C@@]1(c2ccccc2)NC(=O)N(NC(=O)CSc2nnc(-c3ccccc3)o2)C1=O. The molecule has 0 radical (unpaired) electrons. The average molecular weight is 423 g/mol. The fourth-order valence-electron chi connectivity index (χ4n) is 2.96. The van der Waals surface area contributed by atoms with Gasteiger partial charge in [-0.25, -0.2) is 4.79 Å². The maximum Gasteiger partial charge on any atom is 0.344 e. The first-order chi connectivity index (χ1) is 14.5. The fourth-order valence-corrected chi connectivity index (χ4v) is 3.51. The molecule has 1 fully saturated rings. The summed E-state index contributed by atoms with van der Waals surface area (Å²) in [6.45, 7) is 1.59. The summed E-state index contributed by atoms with van der Waals surface area (Å²) in [5.74, 6) is -0.900. The van der Waals surface area contributed by atoms with Crippen LogP contribution in [-0.2, 0) is 15.1 Å². The first kappa shape index (κ1) is 19.6. The van der Waals surface area contributed by atoms with Gasteiger partial charge in [0.2, 0.25) is 11.8 Å². The molecule has 2 aromatic carbocycles. The molecule has 0 bridgehead atoms. The highest BCUT2D eigenvalue weighted by Crippen LogP contribution is 2.28. The largest absolute Gasteiger partial charge is 0.411 e. The van der Waals surface area contributed by atoms with Crippen molar-refractivity contribution >= 4 is 29.6 Å². The first-order valence-electron chi connectivity index (χ1n) is 9.01. The van der Waals surface area contributed by atoms with Gasteiger partial charge in [-0.05, 0) is 24.6 Å². The summed E-state index contributed by atoms with van der Waals surface area (Å²) in [5.41, 5.74) is 2.46. The highest BCUT2D eigenvalue weighted by Gasteiger charge is 2.49. The molecule has 1 aromatic heterocycles. The van der Waals surface area contributed by atoms with E-state index in [9.17, 15) is 14.4 Å². The molecule has 152 valence electrons. The van der Waals surface area contributed by atoms with Crippen molar-refractivity contribution in [1.82, 2.24) is 25.9 Å². The number of benzene rings is 2. The summed E-state index contributed by atoms with van der Waals surface area (Å²) in [6, 6.07) is 17.4. The van der Waals surface area contributed by atoms with Gasteiger partial charge in [0.25, 0.3) is 11.1 Å². The molecule has 2 N–H and O–H groups in total. The summed E-state index contributed by atoms with van der Waals surface area (Å²) < 4.78 is 5.52. The number of nitrogens with zero attached hydrogens (tertiary/aromatic N) is 3. The number of amides is 4. The number of hydrogen-bond acceptors (Lipinski definition) is 7. The van der Waals surface area contributed by atoms with Crippen LogP contribution in [0.3, 0.4) is 0 Å². The molecule has 0 unspecified atom stereocenters. The number of hydrogen-bond donors (Lipinski definition) is 2. The van der Waals surface area contributed by atoms with Crippen molar-refractivity contribution in [2.24, 2.45) is 0 Å². The van der Waals surface area contributed by atoms with Crippen molar-refractivity contribution in [3.8, 4) is 11.5 Å². The second-order valence-corrected chi connectivity index (χ2v) is 7.55. The number of carbonyl (C=O) groups is 3. The lowest BCUT2D eigenvalue weighted by atomic mass is 9.92. The molecular weight excluding hydrogens is 406 g/mol. The minimum atomic E-state index is -1.25. The Bertz CT molecular complexity index is 1090. The Hall–Kier alpha value is -3.66. The smallest absolute Gasteiger partial charge is 0.344 e. The molecule has 4 amide bonds. The van der Waals surface area contributed by atoms with Gasteiger partial charge in [-0.15, -0.1) is 10.2 Å². The third-order valence-corrected chi connectivity index (χ3v) is 5.35. The molecule has 1 aliphatic heterocycles. The third kappa shape index (κ3) is 3.77. The predicted octanol–water partition coefficient (Wildman–Crippen LogP) is 2.33. The second-order valence-electron chi connectivity index (χ2n) is 6.62. The number of imide groups is 1. The van der Waals surface area contributed by atoms with E-state index in [-0.39, 0.29) is 11.0 Å². The maximum absolute atomic E-state index is 12.8. The Morgan fingerprint density at radius 3 is 2.47 bits per heavy atom. The van der Waals surface area contributed by atoms with E-state index in [0.717, 1.165) is 17.3 Å². The Kier molecular flexibility index (Phi) is 5.23. The minimum Gasteiger partial charge on any atom is -0.411 e. The number of aromatic nitrogens is 2. The van der Waals surface area contributed by atoms with Gasteiger partial charge in [-0.1, -0.05) is 60.3 Å². The molecule has 10 heteroatoms. The Labute approximate surface area is 175 Å². The molecule has 4 rings (SSSR count). The van der Waals surface area contributed by atoms with Crippen LogP contribution in [0.5, 0.6) is 0 Å². The summed E-state index contributed by atoms with van der Waals surface area (Å²) in [6.07, 6.45) is 0. The van der Waals surface area contributed by atoms with E-state index in [1.807, 2.05) is 36.4 Å². The van der Waals surface area contributed by atoms with Gasteiger partial charge in [0, 0.05) is 5.56 Å². The zero-order valence-corrected chi connectivity index (χ0v) is 16.7. The van der Waals surface area contributed by atoms with Crippen molar-refractivity contribution in [2.75, 3.05) is 5.75 Å². The Balaban J connectivity index is 1.37. The van der Waals surface area contributed by atoms with Gasteiger partial charge >= 0.3 is 6.03 Å². The van der Waals surface area contributed by atoms with E-state index in [1.54, 1.807) is 31.2 Å². The van der Waals surface area contributed by atoms with Crippen molar-refractivity contribution in [3.05, 3.63) is 66.2 Å². The molecule has 3 aromatic rings. The topological polar surface area (TPSA) is 117 Å². The minimum absolute atomic E-state index is 0.116. The van der Waals surface area contributed by atoms with Crippen LogP contribution in [0.25, 0.3) is 11.5 Å². The summed E-state index contributed by atoms with van der Waals surface area (Å²) in [4.78, 5) is 37.4. The lowest BCUT2D eigenvalue weighted by molar-refractivity contribution is -0.138. The molecule has 2 heterocycles. The molecule has 0 aliphatic carbocycles. The van der Waals surface area contributed by atoms with Crippen LogP contribution in [0.1, 0.15) is 12.5 Å². The van der Waals surface area contributed by atoms with E-state index >= 15 is 0 Å². The number of nitrogens with one attached hydrogen (secondary N) is 2. The highest BCUT2D eigenvalue weighted by atomic mass is 32.2. The number of hydrazine groups is 1. The van der Waals surface area contributed by atoms with E-state index in [0.29, 0.717) is 16.5 Å². The monoisotopic (exact) mass is 423 g/mol. The molecule has 1 atom stereocenters. The summed E-state index contributed by atoms with van der Waals surface area (Å²) in [7, 11) is 0. The van der Waals surface area contributed by atoms with Crippen LogP contribution in [0.15, 0.2) is 70.3 Å². The Morgan fingerprint density at radius 1 is 1.10 bits per heavy atom. The number of carbonyl (C=O) groups excluding carboxylic acids is 3. The normalized spacial score (nSPS) is 18.4. The summed E-state index contributed by atoms with van der Waals surface area (Å²) in [5, 5.41) is 11.4. The van der Waals surface area contributed by atoms with Gasteiger partial charge in [0.15, 0.2) is 0 Å². The second kappa shape index (κ2) is 7.99. The van der Waals surface area contributed by atoms with E-state index in [1.165, 1.54) is 0 Å². The molecule has 1 aliphatic rings. The van der Waals surface area contributed by atoms with Gasteiger partial charge in [0.1, 0.15) is 5.54 Å². The zero-order valence-electron chi connectivity index (χ0n) is 15.9. The maximum atomic E-state index is 12.8. The van der Waals surface area contributed by atoms with Crippen molar-refractivity contribution in [3.63, 3.8) is 0 Å². The van der Waals surface area contributed by atoms with Crippen LogP contribution < -0.4 is 10.7 Å². The van der Waals surface area contributed by atoms with Gasteiger partial charge in [-0.2, -0.15) is 5.01 Å². The first-order valence-corrected chi connectivity index (χ1v) is 9.99. The lowest BCUT2D eigenvalue weighted by Crippen LogP contribution is -2.48. The van der Waals surface area contributed by atoms with Gasteiger partial charge in [0.05, 0.1) is 5.75 Å². The molecule has 30 heavy (non-hydrogen) atoms. The van der Waals surface area contributed by atoms with Crippen LogP contribution in [0.4, 0.5) is 4.79 Å². The van der Waals surface area contributed by atoms with Crippen LogP contribution >= 0.6 is 11.8 Å². The molecule has 9 nitrogen and oxygen atoms in total. The van der Waals surface area contributed by atoms with Crippen LogP contribution in [-0.4, -0.2) is 38.8 Å². The molecule has 0 saturated carbocycles. The highest BCUT2D eigenvalue weighted by molar-refractivity contribution is 7.99. The van der Waals surface area contributed by atoms with Crippen molar-refractivity contribution in [1.29, 1.82) is 0 Å². The lowest BCUT2D eigenvalue weighted by Gasteiger charge is -2.22. The van der Waals surface area contributed by atoms with Crippen LogP contribution in [0.2, 0.25) is 0 Å². The molecular formula is C20H17N5O4S. The number of rotatable bonds is 6. The quantitative estimate of drug-likeness (QED) is 0.461. The zero-order chi connectivity index (χ0) is 21.1. The molecule has 1 saturated heterocycles. The summed E-state index contributed by atoms with van der Waals surface area (Å²) >= 11 is 1.00. The Morgan fingerprint density at radius 2 is 1.77 bits per heavy atom. The van der Waals surface area contributed by atoms with E-state index in [2.05, 4.69) is 20.9 Å². The standard InChI is InChI=1S/C20H17N5O4S/c1-20(14-10-6-3-7-11-14)17(27)25(18(28)21-20)24-15(26)12-30-19-23-22-16(29-19)13-8-4-2-5-9-13/h2-11H,12H2,1H3,(H,21,28)(H,24,26)/t20-/m0/s1. The van der Waals surface area contributed by atoms with Gasteiger partial charge < -0.3 is 9.73 Å². The number of thioether (sulfide) groups is 1. The number of urea groups is 1. The fraction of sp³-hybridized carbons (Fsp3) is 0.150. The predicted molar refractivity (Wildman–Crippen MR) is 108 cm³/mol. The van der Waals surface area contributed by atoms with Crippen molar-refractivity contribution < 1.29 is 18.8 Å². The van der Waals surface area contributed by atoms with Crippen LogP contribution in [0, 0.1) is 0 Å². The van der Waals surface area contributed by atoms with Gasteiger partial charge in [-0.3, -0.25) is 15.0 Å². The average Bonchev–Trinajstić information content (AvgIpc) is 3.33.